The van der Waals surface area contributed by atoms with Crippen molar-refractivity contribution < 1.29 is 14.9 Å². The SMILES string of the molecule is COC[C@@H]1C[C@@H]2[C@H](CCC3[C@H]2CC[C@@H]3O)c2ccc(O)cc21. The first-order chi connectivity index (χ1) is 10.7. The number of hydrogen-bond donors (Lipinski definition) is 2. The lowest BCUT2D eigenvalue weighted by Gasteiger charge is -2.47. The molecular formula is C19H26O3. The number of benzene rings is 1. The van der Waals surface area contributed by atoms with Crippen LogP contribution in [0.5, 0.6) is 5.75 Å². The average molecular weight is 302 g/mol. The summed E-state index contributed by atoms with van der Waals surface area (Å²) in [5.41, 5.74) is 2.72. The average Bonchev–Trinajstić information content (AvgIpc) is 2.89. The van der Waals surface area contributed by atoms with E-state index in [4.69, 9.17) is 4.74 Å². The molecular weight excluding hydrogens is 276 g/mol. The number of aliphatic hydroxyl groups is 1. The highest BCUT2D eigenvalue weighted by Crippen LogP contribution is 2.57. The Kier molecular flexibility index (Phi) is 3.66. The smallest absolute Gasteiger partial charge is 0.115 e. The molecule has 0 saturated heterocycles. The maximum atomic E-state index is 10.3. The zero-order valence-corrected chi connectivity index (χ0v) is 13.2. The molecule has 3 aliphatic rings. The Morgan fingerprint density at radius 2 is 1.86 bits per heavy atom. The van der Waals surface area contributed by atoms with E-state index in [0.717, 1.165) is 25.9 Å². The second kappa shape index (κ2) is 5.54. The molecule has 120 valence electrons. The number of aliphatic hydroxyl groups excluding tert-OH is 1. The zero-order valence-electron chi connectivity index (χ0n) is 13.2. The lowest BCUT2D eigenvalue weighted by atomic mass is 9.58. The molecule has 3 aliphatic carbocycles. The van der Waals surface area contributed by atoms with Gasteiger partial charge in [0.25, 0.3) is 0 Å². The van der Waals surface area contributed by atoms with E-state index in [9.17, 15) is 10.2 Å². The first-order valence-electron chi connectivity index (χ1n) is 8.69. The van der Waals surface area contributed by atoms with Crippen LogP contribution < -0.4 is 0 Å². The van der Waals surface area contributed by atoms with Crippen LogP contribution in [-0.2, 0) is 4.74 Å². The lowest BCUT2D eigenvalue weighted by Crippen LogP contribution is -2.38. The summed E-state index contributed by atoms with van der Waals surface area (Å²) in [5.74, 6) is 3.22. The highest BCUT2D eigenvalue weighted by atomic mass is 16.5. The summed E-state index contributed by atoms with van der Waals surface area (Å²) in [6.45, 7) is 0.722. The van der Waals surface area contributed by atoms with E-state index >= 15 is 0 Å². The Labute approximate surface area is 132 Å². The van der Waals surface area contributed by atoms with Crippen LogP contribution in [0, 0.1) is 17.8 Å². The molecule has 1 unspecified atom stereocenters. The van der Waals surface area contributed by atoms with Crippen molar-refractivity contribution in [2.24, 2.45) is 17.8 Å². The fourth-order valence-corrected chi connectivity index (χ4v) is 5.69. The van der Waals surface area contributed by atoms with Crippen molar-refractivity contribution in [3.63, 3.8) is 0 Å². The molecule has 0 radical (unpaired) electrons. The molecule has 6 atom stereocenters. The van der Waals surface area contributed by atoms with Crippen LogP contribution in [0.3, 0.4) is 0 Å². The fraction of sp³-hybridized carbons (Fsp3) is 0.684. The Morgan fingerprint density at radius 1 is 1.05 bits per heavy atom. The van der Waals surface area contributed by atoms with Crippen molar-refractivity contribution in [3.8, 4) is 5.75 Å². The van der Waals surface area contributed by atoms with Crippen molar-refractivity contribution in [3.05, 3.63) is 29.3 Å². The highest BCUT2D eigenvalue weighted by Gasteiger charge is 2.48. The van der Waals surface area contributed by atoms with Gasteiger partial charge < -0.3 is 14.9 Å². The van der Waals surface area contributed by atoms with E-state index in [1.807, 2.05) is 12.1 Å². The number of phenolic OH excluding ortho intramolecular Hbond substituents is 1. The second-order valence-electron chi connectivity index (χ2n) is 7.52. The molecule has 4 rings (SSSR count). The maximum absolute atomic E-state index is 10.3. The van der Waals surface area contributed by atoms with Gasteiger partial charge in [0.2, 0.25) is 0 Å². The number of ether oxygens (including phenoxy) is 1. The van der Waals surface area contributed by atoms with Gasteiger partial charge in [0, 0.05) is 13.0 Å². The molecule has 0 bridgehead atoms. The maximum Gasteiger partial charge on any atom is 0.115 e. The zero-order chi connectivity index (χ0) is 15.3. The summed E-state index contributed by atoms with van der Waals surface area (Å²) < 4.78 is 5.46. The monoisotopic (exact) mass is 302 g/mol. The topological polar surface area (TPSA) is 49.7 Å². The van der Waals surface area contributed by atoms with E-state index in [1.165, 1.54) is 24.0 Å². The Bertz CT molecular complexity index is 556. The van der Waals surface area contributed by atoms with Gasteiger partial charge in [-0.15, -0.1) is 0 Å². The minimum Gasteiger partial charge on any atom is -0.508 e. The molecule has 1 aromatic rings. The molecule has 1 aromatic carbocycles. The standard InChI is InChI=1S/C19H26O3/c1-22-10-11-8-18-14(13-3-2-12(20)9-17(11)13)4-5-16-15(18)6-7-19(16)21/h2-3,9,11,14-16,18-21H,4-8,10H2,1H3/t11-,14+,15+,16?,18+,19-/m0/s1. The number of methoxy groups -OCH3 is 1. The number of fused-ring (bicyclic) bond motifs is 5. The van der Waals surface area contributed by atoms with Gasteiger partial charge in [0.1, 0.15) is 5.75 Å². The van der Waals surface area contributed by atoms with E-state index in [-0.39, 0.29) is 6.10 Å². The van der Waals surface area contributed by atoms with E-state index in [2.05, 4.69) is 6.07 Å². The minimum absolute atomic E-state index is 0.0759. The van der Waals surface area contributed by atoms with Crippen LogP contribution in [0.1, 0.15) is 55.1 Å². The normalized spacial score (nSPS) is 39.9. The van der Waals surface area contributed by atoms with E-state index in [1.54, 1.807) is 7.11 Å². The van der Waals surface area contributed by atoms with Gasteiger partial charge in [-0.3, -0.25) is 0 Å². The van der Waals surface area contributed by atoms with Gasteiger partial charge >= 0.3 is 0 Å². The first kappa shape index (κ1) is 14.5. The molecule has 0 aliphatic heterocycles. The Balaban J connectivity index is 1.72. The van der Waals surface area contributed by atoms with Crippen molar-refractivity contribution >= 4 is 0 Å². The van der Waals surface area contributed by atoms with Gasteiger partial charge in [0.05, 0.1) is 12.7 Å². The molecule has 0 spiro atoms. The largest absolute Gasteiger partial charge is 0.508 e. The fourth-order valence-electron chi connectivity index (χ4n) is 5.69. The first-order valence-corrected chi connectivity index (χ1v) is 8.69. The van der Waals surface area contributed by atoms with Crippen LogP contribution in [0.2, 0.25) is 0 Å². The minimum atomic E-state index is -0.0759. The van der Waals surface area contributed by atoms with Gasteiger partial charge in [-0.1, -0.05) is 6.07 Å². The third-order valence-electron chi connectivity index (χ3n) is 6.55. The van der Waals surface area contributed by atoms with Gasteiger partial charge in [0.15, 0.2) is 0 Å². The summed E-state index contributed by atoms with van der Waals surface area (Å²) in [4.78, 5) is 0. The number of phenols is 1. The molecule has 3 nitrogen and oxygen atoms in total. The number of aromatic hydroxyl groups is 1. The second-order valence-corrected chi connectivity index (χ2v) is 7.52. The third kappa shape index (κ3) is 2.17. The molecule has 22 heavy (non-hydrogen) atoms. The van der Waals surface area contributed by atoms with Crippen LogP contribution >= 0.6 is 0 Å². The quantitative estimate of drug-likeness (QED) is 0.880. The number of rotatable bonds is 2. The highest BCUT2D eigenvalue weighted by molar-refractivity contribution is 5.42. The predicted octanol–water partition coefficient (Wildman–Crippen LogP) is 3.41. The molecule has 3 heteroatoms. The molecule has 2 saturated carbocycles. The van der Waals surface area contributed by atoms with Crippen molar-refractivity contribution in [1.29, 1.82) is 0 Å². The molecule has 2 N–H and O–H groups in total. The molecule has 0 amide bonds. The molecule has 2 fully saturated rings. The van der Waals surface area contributed by atoms with Crippen molar-refractivity contribution in [2.75, 3.05) is 13.7 Å². The van der Waals surface area contributed by atoms with Crippen LogP contribution in [-0.4, -0.2) is 30.0 Å². The van der Waals surface area contributed by atoms with E-state index < -0.39 is 0 Å². The summed E-state index contributed by atoms with van der Waals surface area (Å²) >= 11 is 0. The van der Waals surface area contributed by atoms with Crippen LogP contribution in [0.25, 0.3) is 0 Å². The molecule has 0 heterocycles. The van der Waals surface area contributed by atoms with Crippen molar-refractivity contribution in [1.82, 2.24) is 0 Å². The summed E-state index contributed by atoms with van der Waals surface area (Å²) in [6, 6.07) is 5.92. The van der Waals surface area contributed by atoms with Crippen LogP contribution in [0.4, 0.5) is 0 Å². The Hall–Kier alpha value is -1.06. The Morgan fingerprint density at radius 3 is 2.68 bits per heavy atom. The predicted molar refractivity (Wildman–Crippen MR) is 85.0 cm³/mol. The van der Waals surface area contributed by atoms with Crippen LogP contribution in [0.15, 0.2) is 18.2 Å². The summed E-state index contributed by atoms with van der Waals surface area (Å²) in [5, 5.41) is 20.1. The molecule has 0 aromatic heterocycles. The van der Waals surface area contributed by atoms with Gasteiger partial charge in [-0.05, 0) is 79.0 Å². The van der Waals surface area contributed by atoms with E-state index in [0.29, 0.717) is 35.3 Å². The lowest BCUT2D eigenvalue weighted by molar-refractivity contribution is 0.0466. The summed E-state index contributed by atoms with van der Waals surface area (Å²) in [6.07, 6.45) is 5.56. The van der Waals surface area contributed by atoms with Crippen molar-refractivity contribution in [2.45, 2.75) is 50.0 Å². The number of hydrogen-bond acceptors (Lipinski definition) is 3. The summed E-state index contributed by atoms with van der Waals surface area (Å²) in [7, 11) is 1.76. The van der Waals surface area contributed by atoms with Gasteiger partial charge in [-0.2, -0.15) is 0 Å². The third-order valence-corrected chi connectivity index (χ3v) is 6.55. The van der Waals surface area contributed by atoms with Gasteiger partial charge in [-0.25, -0.2) is 0 Å².